The summed E-state index contributed by atoms with van der Waals surface area (Å²) in [6.45, 7) is 16.2. The molecule has 0 aliphatic heterocycles. The molecule has 230 valence electrons. The van der Waals surface area contributed by atoms with Crippen molar-refractivity contribution in [3.05, 3.63) is 180 Å². The molecular weight excluding hydrogens is 611 g/mol. The average Bonchev–Trinajstić information content (AvgIpc) is 3.70. The maximum Gasteiger partial charge on any atom is 0.197 e. The fraction of sp³-hybridized carbons (Fsp3) is 0. The van der Waals surface area contributed by atoms with Crippen molar-refractivity contribution >= 4 is 55.0 Å². The molecule has 0 radical (unpaired) electrons. The van der Waals surface area contributed by atoms with Gasteiger partial charge >= 0.3 is 0 Å². The zero-order valence-electron chi connectivity index (χ0n) is 26.7. The molecule has 0 atom stereocenters. The minimum atomic E-state index is 0.559. The van der Waals surface area contributed by atoms with E-state index in [0.717, 1.165) is 77.2 Å². The second-order valence-electron chi connectivity index (χ2n) is 12.2. The Morgan fingerprint density at radius 3 is 1.96 bits per heavy atom. The molecular formula is C45H25N5. The Kier molecular flexibility index (Phi) is 6.56. The van der Waals surface area contributed by atoms with Gasteiger partial charge in [0.25, 0.3) is 0 Å². The number of nitrogens with zero attached hydrogens (tertiary/aromatic N) is 5. The van der Waals surface area contributed by atoms with Gasteiger partial charge in [0.1, 0.15) is 0 Å². The molecule has 0 aliphatic rings. The van der Waals surface area contributed by atoms with Gasteiger partial charge in [-0.3, -0.25) is 0 Å². The third-order valence-electron chi connectivity index (χ3n) is 9.59. The molecule has 0 amide bonds. The normalized spacial score (nSPS) is 11.1. The van der Waals surface area contributed by atoms with E-state index in [2.05, 4.69) is 97.7 Å². The van der Waals surface area contributed by atoms with Crippen LogP contribution in [0.25, 0.3) is 86.9 Å². The summed E-state index contributed by atoms with van der Waals surface area (Å²) < 4.78 is 4.47. The lowest BCUT2D eigenvalue weighted by Gasteiger charge is -2.19. The number of aromatic nitrogens is 2. The summed E-state index contributed by atoms with van der Waals surface area (Å²) in [5.41, 5.74) is 11.5. The molecule has 9 aromatic rings. The van der Waals surface area contributed by atoms with Crippen molar-refractivity contribution in [2.75, 3.05) is 0 Å². The average molecular weight is 636 g/mol. The highest BCUT2D eigenvalue weighted by atomic mass is 15.0. The van der Waals surface area contributed by atoms with Gasteiger partial charge in [-0.25, -0.2) is 9.69 Å². The lowest BCUT2D eigenvalue weighted by Crippen LogP contribution is -1.98. The van der Waals surface area contributed by atoms with Gasteiger partial charge < -0.3 is 9.13 Å². The van der Waals surface area contributed by atoms with Crippen LogP contribution in [0, 0.1) is 24.5 Å². The Balaban J connectivity index is 1.30. The van der Waals surface area contributed by atoms with E-state index < -0.39 is 0 Å². The number of benzene rings is 7. The predicted molar refractivity (Wildman–Crippen MR) is 203 cm³/mol. The molecule has 50 heavy (non-hydrogen) atoms. The van der Waals surface area contributed by atoms with Gasteiger partial charge in [0.05, 0.1) is 47.0 Å². The summed E-state index contributed by atoms with van der Waals surface area (Å²) in [6.07, 6.45) is 0. The Labute approximate surface area is 288 Å². The van der Waals surface area contributed by atoms with Crippen LogP contribution in [-0.4, -0.2) is 9.13 Å². The van der Waals surface area contributed by atoms with E-state index in [4.69, 9.17) is 13.1 Å². The minimum absolute atomic E-state index is 0.559. The van der Waals surface area contributed by atoms with Crippen molar-refractivity contribution in [3.8, 4) is 39.7 Å². The topological polar surface area (TPSA) is 42.4 Å². The molecule has 5 heteroatoms. The first kappa shape index (κ1) is 28.8. The molecule has 0 unspecified atom stereocenters. The molecule has 0 bridgehead atoms. The smallest absolute Gasteiger partial charge is 0.197 e. The molecule has 2 heterocycles. The summed E-state index contributed by atoms with van der Waals surface area (Å²) in [6, 6.07) is 53.1. The van der Waals surface area contributed by atoms with Crippen LogP contribution in [0.2, 0.25) is 0 Å². The number of rotatable bonds is 4. The zero-order chi connectivity index (χ0) is 33.8. The van der Waals surface area contributed by atoms with Crippen LogP contribution >= 0.6 is 0 Å². The molecule has 0 fully saturated rings. The van der Waals surface area contributed by atoms with Crippen LogP contribution in [0.1, 0.15) is 5.56 Å². The van der Waals surface area contributed by atoms with Crippen molar-refractivity contribution in [1.82, 2.24) is 9.13 Å². The van der Waals surface area contributed by atoms with Gasteiger partial charge in [-0.1, -0.05) is 97.1 Å². The van der Waals surface area contributed by atoms with Gasteiger partial charge in [-0.15, -0.1) is 0 Å². The summed E-state index contributed by atoms with van der Waals surface area (Å²) in [4.78, 5) is 7.92. The fourth-order valence-corrected chi connectivity index (χ4v) is 7.52. The Hall–Kier alpha value is -7.39. The molecule has 0 aliphatic carbocycles. The zero-order valence-corrected chi connectivity index (χ0v) is 26.7. The van der Waals surface area contributed by atoms with Gasteiger partial charge in [-0.2, -0.15) is 5.26 Å². The number of para-hydroxylation sites is 3. The third kappa shape index (κ3) is 4.24. The second-order valence-corrected chi connectivity index (χ2v) is 12.2. The van der Waals surface area contributed by atoms with Crippen LogP contribution in [-0.2, 0) is 0 Å². The number of fused-ring (bicyclic) bond motifs is 6. The monoisotopic (exact) mass is 635 g/mol. The molecule has 7 aromatic carbocycles. The predicted octanol–water partition coefficient (Wildman–Crippen LogP) is 12.2. The quantitative estimate of drug-likeness (QED) is 0.177. The van der Waals surface area contributed by atoms with Crippen molar-refractivity contribution in [2.45, 2.75) is 0 Å². The number of nitriles is 1. The van der Waals surface area contributed by atoms with Crippen molar-refractivity contribution < 1.29 is 0 Å². The van der Waals surface area contributed by atoms with Crippen molar-refractivity contribution in [2.24, 2.45) is 0 Å². The standard InChI is InChI=1S/C45H25N5/c1-47-37-18-10-17-32(30-12-9-13-31(27-30)49-39-20-6-3-14-33(39)36-26-29(28-46)24-25-42(36)49)44(37)34-15-4-7-21-40(34)50-41-22-8-5-16-35(41)45-38(48-2)19-11-23-43(45)50/h3-27H. The summed E-state index contributed by atoms with van der Waals surface area (Å²) in [7, 11) is 0. The number of hydrogen-bond acceptors (Lipinski definition) is 1. The van der Waals surface area contributed by atoms with E-state index in [0.29, 0.717) is 16.9 Å². The van der Waals surface area contributed by atoms with Crippen LogP contribution in [0.15, 0.2) is 152 Å². The maximum atomic E-state index is 9.63. The largest absolute Gasteiger partial charge is 0.310 e. The summed E-state index contributed by atoms with van der Waals surface area (Å²) in [5, 5.41) is 13.7. The highest BCUT2D eigenvalue weighted by Crippen LogP contribution is 2.45. The highest BCUT2D eigenvalue weighted by molar-refractivity contribution is 6.16. The van der Waals surface area contributed by atoms with Gasteiger partial charge in [0.15, 0.2) is 11.4 Å². The first-order valence-corrected chi connectivity index (χ1v) is 16.2. The van der Waals surface area contributed by atoms with E-state index in [-0.39, 0.29) is 0 Å². The molecule has 2 aromatic heterocycles. The van der Waals surface area contributed by atoms with Crippen molar-refractivity contribution in [3.63, 3.8) is 0 Å². The van der Waals surface area contributed by atoms with E-state index in [1.807, 2.05) is 78.9 Å². The third-order valence-corrected chi connectivity index (χ3v) is 9.59. The van der Waals surface area contributed by atoms with E-state index >= 15 is 0 Å². The first-order valence-electron chi connectivity index (χ1n) is 16.2. The van der Waals surface area contributed by atoms with Gasteiger partial charge in [0, 0.05) is 27.4 Å². The SMILES string of the molecule is [C-]#[N+]c1cccc(-c2cccc(-n3c4ccccc4c4cc(C#N)ccc43)c2)c1-c1ccccc1-n1c2ccccc2c2c([N+]#[C-])cccc21. The molecule has 9 rings (SSSR count). The van der Waals surface area contributed by atoms with Crippen molar-refractivity contribution in [1.29, 1.82) is 5.26 Å². The fourth-order valence-electron chi connectivity index (χ4n) is 7.52. The van der Waals surface area contributed by atoms with Crippen LogP contribution in [0.5, 0.6) is 0 Å². The van der Waals surface area contributed by atoms with Gasteiger partial charge in [-0.05, 0) is 82.2 Å². The van der Waals surface area contributed by atoms with Gasteiger partial charge in [0.2, 0.25) is 0 Å². The highest BCUT2D eigenvalue weighted by Gasteiger charge is 2.21. The molecule has 0 spiro atoms. The van der Waals surface area contributed by atoms with Crippen LogP contribution in [0.4, 0.5) is 11.4 Å². The Morgan fingerprint density at radius 1 is 0.500 bits per heavy atom. The minimum Gasteiger partial charge on any atom is -0.310 e. The maximum absolute atomic E-state index is 9.63. The van der Waals surface area contributed by atoms with E-state index in [9.17, 15) is 5.26 Å². The lowest BCUT2D eigenvalue weighted by molar-refractivity contribution is 1.18. The first-order chi connectivity index (χ1) is 24.7. The van der Waals surface area contributed by atoms with E-state index in [1.54, 1.807) is 0 Å². The molecule has 5 nitrogen and oxygen atoms in total. The summed E-state index contributed by atoms with van der Waals surface area (Å²) >= 11 is 0. The lowest BCUT2D eigenvalue weighted by atomic mass is 9.91. The molecule has 0 N–H and O–H groups in total. The van der Waals surface area contributed by atoms with Crippen LogP contribution < -0.4 is 0 Å². The second kappa shape index (κ2) is 11.4. The molecule has 0 saturated heterocycles. The Bertz CT molecular complexity index is 2970. The molecule has 0 saturated carbocycles. The summed E-state index contributed by atoms with van der Waals surface area (Å²) in [5.74, 6) is 0. The number of hydrogen-bond donors (Lipinski definition) is 0. The van der Waals surface area contributed by atoms with E-state index in [1.165, 1.54) is 0 Å². The van der Waals surface area contributed by atoms with Crippen LogP contribution in [0.3, 0.4) is 0 Å². The Morgan fingerprint density at radius 2 is 1.14 bits per heavy atom.